The van der Waals surface area contributed by atoms with Gasteiger partial charge < -0.3 is 14.4 Å². The van der Waals surface area contributed by atoms with Crippen molar-refractivity contribution in [2.75, 3.05) is 11.4 Å². The first-order valence-electron chi connectivity index (χ1n) is 5.70. The van der Waals surface area contributed by atoms with Crippen molar-refractivity contribution < 1.29 is 19.1 Å². The molecule has 1 fully saturated rings. The standard InChI is InChI=1S/C12H10N2O5/c15-10-3-6(11(16)17)5-14(10)7-1-2-8-9(4-7)19-12(18)13-8/h1-2,4,6H,3,5H2,(H,13,18)(H,16,17). The summed E-state index contributed by atoms with van der Waals surface area (Å²) in [5, 5.41) is 8.93. The Labute approximate surface area is 106 Å². The third-order valence-corrected chi connectivity index (χ3v) is 3.19. The lowest BCUT2D eigenvalue weighted by Crippen LogP contribution is -2.25. The topological polar surface area (TPSA) is 104 Å². The molecule has 1 aliphatic heterocycles. The molecule has 1 aromatic carbocycles. The lowest BCUT2D eigenvalue weighted by atomic mass is 10.1. The Balaban J connectivity index is 1.98. The van der Waals surface area contributed by atoms with E-state index in [9.17, 15) is 14.4 Å². The Hall–Kier alpha value is -2.57. The Morgan fingerprint density at radius 3 is 2.89 bits per heavy atom. The van der Waals surface area contributed by atoms with Crippen molar-refractivity contribution in [3.8, 4) is 0 Å². The molecule has 2 aromatic rings. The van der Waals surface area contributed by atoms with E-state index in [4.69, 9.17) is 9.52 Å². The quantitative estimate of drug-likeness (QED) is 0.822. The van der Waals surface area contributed by atoms with E-state index in [0.717, 1.165) is 0 Å². The number of amides is 1. The molecule has 0 saturated carbocycles. The van der Waals surface area contributed by atoms with E-state index in [1.165, 1.54) is 4.90 Å². The molecule has 1 unspecified atom stereocenters. The molecule has 98 valence electrons. The molecule has 0 bridgehead atoms. The summed E-state index contributed by atoms with van der Waals surface area (Å²) in [5.41, 5.74) is 1.41. The van der Waals surface area contributed by atoms with Crippen LogP contribution in [0.3, 0.4) is 0 Å². The fraction of sp³-hybridized carbons (Fsp3) is 0.250. The number of oxazole rings is 1. The Morgan fingerprint density at radius 2 is 2.21 bits per heavy atom. The lowest BCUT2D eigenvalue weighted by Gasteiger charge is -2.15. The molecule has 7 nitrogen and oxygen atoms in total. The average Bonchev–Trinajstić information content (AvgIpc) is 2.90. The van der Waals surface area contributed by atoms with Crippen LogP contribution in [0.25, 0.3) is 11.1 Å². The molecule has 1 aliphatic rings. The largest absolute Gasteiger partial charge is 0.481 e. The van der Waals surface area contributed by atoms with Crippen LogP contribution < -0.4 is 10.7 Å². The first kappa shape index (κ1) is 11.5. The number of rotatable bonds is 2. The summed E-state index contributed by atoms with van der Waals surface area (Å²) in [4.78, 5) is 37.6. The molecule has 1 saturated heterocycles. The van der Waals surface area contributed by atoms with E-state index >= 15 is 0 Å². The molecule has 2 N–H and O–H groups in total. The number of hydrogen-bond donors (Lipinski definition) is 2. The van der Waals surface area contributed by atoms with E-state index in [-0.39, 0.29) is 18.9 Å². The number of carbonyl (C=O) groups is 2. The zero-order chi connectivity index (χ0) is 13.6. The summed E-state index contributed by atoms with van der Waals surface area (Å²) in [6.45, 7) is 0.133. The van der Waals surface area contributed by atoms with Crippen LogP contribution in [0.1, 0.15) is 6.42 Å². The Bertz CT molecular complexity index is 729. The Morgan fingerprint density at radius 1 is 1.42 bits per heavy atom. The minimum absolute atomic E-state index is 0.00947. The molecule has 1 amide bonds. The fourth-order valence-electron chi connectivity index (χ4n) is 2.22. The number of carboxylic acid groups (broad SMARTS) is 1. The van der Waals surface area contributed by atoms with Crippen LogP contribution in [0, 0.1) is 5.92 Å². The number of carbonyl (C=O) groups excluding carboxylic acids is 1. The molecule has 0 aliphatic carbocycles. The summed E-state index contributed by atoms with van der Waals surface area (Å²) in [6.07, 6.45) is -0.00947. The summed E-state index contributed by atoms with van der Waals surface area (Å²) < 4.78 is 4.91. The summed E-state index contributed by atoms with van der Waals surface area (Å²) in [7, 11) is 0. The molecule has 3 rings (SSSR count). The predicted molar refractivity (Wildman–Crippen MR) is 64.9 cm³/mol. The van der Waals surface area contributed by atoms with Gasteiger partial charge in [-0.15, -0.1) is 0 Å². The van der Waals surface area contributed by atoms with E-state index in [0.29, 0.717) is 16.8 Å². The van der Waals surface area contributed by atoms with Crippen LogP contribution in [-0.2, 0) is 9.59 Å². The number of carboxylic acids is 1. The number of aliphatic carboxylic acids is 1. The van der Waals surface area contributed by atoms with Crippen molar-refractivity contribution >= 4 is 28.7 Å². The summed E-state index contributed by atoms with van der Waals surface area (Å²) >= 11 is 0. The van der Waals surface area contributed by atoms with Crippen LogP contribution >= 0.6 is 0 Å². The second-order valence-corrected chi connectivity index (χ2v) is 4.44. The van der Waals surface area contributed by atoms with Gasteiger partial charge in [0.05, 0.1) is 11.4 Å². The van der Waals surface area contributed by atoms with Crippen LogP contribution in [0.5, 0.6) is 0 Å². The molecule has 1 aromatic heterocycles. The third kappa shape index (κ3) is 1.88. The number of hydrogen-bond acceptors (Lipinski definition) is 4. The number of nitrogens with zero attached hydrogens (tertiary/aromatic N) is 1. The van der Waals surface area contributed by atoms with Gasteiger partial charge in [-0.1, -0.05) is 0 Å². The third-order valence-electron chi connectivity index (χ3n) is 3.19. The number of aromatic amines is 1. The van der Waals surface area contributed by atoms with Gasteiger partial charge in [0, 0.05) is 24.7 Å². The maximum Gasteiger partial charge on any atom is 0.417 e. The number of fused-ring (bicyclic) bond motifs is 1. The van der Waals surface area contributed by atoms with Gasteiger partial charge in [0.25, 0.3) is 0 Å². The first-order chi connectivity index (χ1) is 9.04. The van der Waals surface area contributed by atoms with Crippen LogP contribution in [-0.4, -0.2) is 28.5 Å². The van der Waals surface area contributed by atoms with E-state index in [1.54, 1.807) is 18.2 Å². The van der Waals surface area contributed by atoms with Crippen LogP contribution in [0.15, 0.2) is 27.4 Å². The Kier molecular flexibility index (Phi) is 2.41. The molecular formula is C12H10N2O5. The van der Waals surface area contributed by atoms with Gasteiger partial charge in [-0.3, -0.25) is 14.6 Å². The van der Waals surface area contributed by atoms with Gasteiger partial charge in [-0.05, 0) is 12.1 Å². The molecule has 19 heavy (non-hydrogen) atoms. The van der Waals surface area contributed by atoms with Gasteiger partial charge in [-0.25, -0.2) is 4.79 Å². The zero-order valence-corrected chi connectivity index (χ0v) is 9.75. The van der Waals surface area contributed by atoms with Gasteiger partial charge in [-0.2, -0.15) is 0 Å². The lowest BCUT2D eigenvalue weighted by molar-refractivity contribution is -0.141. The summed E-state index contributed by atoms with van der Waals surface area (Å²) in [5.74, 6) is -2.49. The molecular weight excluding hydrogens is 252 g/mol. The molecule has 1 atom stereocenters. The predicted octanol–water partition coefficient (Wildman–Crippen LogP) is 0.559. The second kappa shape index (κ2) is 3.98. The average molecular weight is 262 g/mol. The first-order valence-corrected chi connectivity index (χ1v) is 5.70. The number of nitrogens with one attached hydrogen (secondary N) is 1. The summed E-state index contributed by atoms with van der Waals surface area (Å²) in [6, 6.07) is 4.82. The highest BCUT2D eigenvalue weighted by Gasteiger charge is 2.35. The normalized spacial score (nSPS) is 19.3. The minimum Gasteiger partial charge on any atom is -0.481 e. The van der Waals surface area contributed by atoms with Gasteiger partial charge >= 0.3 is 11.7 Å². The van der Waals surface area contributed by atoms with Crippen molar-refractivity contribution in [1.29, 1.82) is 0 Å². The number of benzene rings is 1. The zero-order valence-electron chi connectivity index (χ0n) is 9.75. The van der Waals surface area contributed by atoms with E-state index in [1.807, 2.05) is 0 Å². The number of H-pyrrole nitrogens is 1. The van der Waals surface area contributed by atoms with Crippen molar-refractivity contribution in [2.24, 2.45) is 5.92 Å². The smallest absolute Gasteiger partial charge is 0.417 e. The van der Waals surface area contributed by atoms with Crippen molar-refractivity contribution in [3.63, 3.8) is 0 Å². The number of aromatic nitrogens is 1. The van der Waals surface area contributed by atoms with Crippen LogP contribution in [0.4, 0.5) is 5.69 Å². The van der Waals surface area contributed by atoms with Gasteiger partial charge in [0.1, 0.15) is 0 Å². The molecule has 7 heteroatoms. The highest BCUT2D eigenvalue weighted by Crippen LogP contribution is 2.27. The van der Waals surface area contributed by atoms with E-state index < -0.39 is 17.6 Å². The second-order valence-electron chi connectivity index (χ2n) is 4.44. The maximum absolute atomic E-state index is 11.8. The SMILES string of the molecule is O=C(O)C1CC(=O)N(c2ccc3[nH]c(=O)oc3c2)C1. The maximum atomic E-state index is 11.8. The minimum atomic E-state index is -0.981. The fourth-order valence-corrected chi connectivity index (χ4v) is 2.22. The van der Waals surface area contributed by atoms with E-state index in [2.05, 4.69) is 4.98 Å². The highest BCUT2D eigenvalue weighted by molar-refractivity contribution is 6.00. The monoisotopic (exact) mass is 262 g/mol. The highest BCUT2D eigenvalue weighted by atomic mass is 16.4. The molecule has 0 spiro atoms. The van der Waals surface area contributed by atoms with Crippen LogP contribution in [0.2, 0.25) is 0 Å². The van der Waals surface area contributed by atoms with Gasteiger partial charge in [0.2, 0.25) is 5.91 Å². The van der Waals surface area contributed by atoms with Crippen molar-refractivity contribution in [3.05, 3.63) is 28.7 Å². The molecule has 0 radical (unpaired) electrons. The molecule has 2 heterocycles. The van der Waals surface area contributed by atoms with Gasteiger partial charge in [0.15, 0.2) is 5.58 Å². The van der Waals surface area contributed by atoms with Crippen molar-refractivity contribution in [2.45, 2.75) is 6.42 Å². The van der Waals surface area contributed by atoms with Crippen molar-refractivity contribution in [1.82, 2.24) is 4.98 Å². The number of anilines is 1.